The zero-order valence-corrected chi connectivity index (χ0v) is 12.0. The number of rotatable bonds is 4. The highest BCUT2D eigenvalue weighted by Gasteiger charge is 2.35. The van der Waals surface area contributed by atoms with Gasteiger partial charge in [-0.3, -0.25) is 4.90 Å². The lowest BCUT2D eigenvalue weighted by Gasteiger charge is -2.40. The summed E-state index contributed by atoms with van der Waals surface area (Å²) in [5.41, 5.74) is 7.21. The number of halogens is 1. The molecular weight excluding hydrogens is 258 g/mol. The molecule has 0 spiro atoms. The van der Waals surface area contributed by atoms with E-state index in [0.29, 0.717) is 6.04 Å². The van der Waals surface area contributed by atoms with Crippen LogP contribution >= 0.6 is 11.6 Å². The van der Waals surface area contributed by atoms with Crippen LogP contribution in [0, 0.1) is 5.92 Å². The third kappa shape index (κ3) is 3.04. The molecule has 0 amide bonds. The van der Waals surface area contributed by atoms with Gasteiger partial charge in [-0.2, -0.15) is 0 Å². The molecule has 104 valence electrons. The van der Waals surface area contributed by atoms with Crippen LogP contribution in [-0.4, -0.2) is 43.7 Å². The Morgan fingerprint density at radius 2 is 1.74 bits per heavy atom. The average molecular weight is 280 g/mol. The molecule has 0 radical (unpaired) electrons. The molecule has 2 aliphatic rings. The Bertz CT molecular complexity index is 408. The first-order valence-electron chi connectivity index (χ1n) is 7.22. The van der Waals surface area contributed by atoms with Gasteiger partial charge < -0.3 is 10.6 Å². The molecule has 1 aliphatic heterocycles. The highest BCUT2D eigenvalue weighted by molar-refractivity contribution is 6.30. The summed E-state index contributed by atoms with van der Waals surface area (Å²) in [5, 5.41) is 0.805. The van der Waals surface area contributed by atoms with Crippen LogP contribution in [0.4, 0.5) is 5.69 Å². The van der Waals surface area contributed by atoms with Gasteiger partial charge >= 0.3 is 0 Å². The van der Waals surface area contributed by atoms with Crippen molar-refractivity contribution in [2.45, 2.75) is 18.9 Å². The van der Waals surface area contributed by atoms with Crippen LogP contribution in [0.3, 0.4) is 0 Å². The molecule has 1 saturated carbocycles. The minimum Gasteiger partial charge on any atom is -0.369 e. The molecule has 1 saturated heterocycles. The van der Waals surface area contributed by atoms with E-state index < -0.39 is 0 Å². The first-order valence-corrected chi connectivity index (χ1v) is 7.60. The van der Waals surface area contributed by atoms with E-state index in [4.69, 9.17) is 17.3 Å². The molecule has 0 bridgehead atoms. The lowest BCUT2D eigenvalue weighted by Crippen LogP contribution is -2.53. The summed E-state index contributed by atoms with van der Waals surface area (Å²) in [6, 6.07) is 8.78. The van der Waals surface area contributed by atoms with Crippen LogP contribution in [0.5, 0.6) is 0 Å². The highest BCUT2D eigenvalue weighted by Crippen LogP contribution is 2.35. The topological polar surface area (TPSA) is 32.5 Å². The fourth-order valence-electron chi connectivity index (χ4n) is 3.08. The van der Waals surface area contributed by atoms with Gasteiger partial charge in [0.25, 0.3) is 0 Å². The predicted molar refractivity (Wildman–Crippen MR) is 80.8 cm³/mol. The quantitative estimate of drug-likeness (QED) is 0.917. The number of nitrogens with zero attached hydrogens (tertiary/aromatic N) is 2. The molecule has 19 heavy (non-hydrogen) atoms. The number of nitrogens with two attached hydrogens (primary N) is 1. The maximum atomic E-state index is 5.94. The Morgan fingerprint density at radius 1 is 1.11 bits per heavy atom. The Balaban J connectivity index is 1.58. The molecule has 1 aliphatic carbocycles. The molecule has 2 fully saturated rings. The summed E-state index contributed by atoms with van der Waals surface area (Å²) in [7, 11) is 0. The number of anilines is 1. The van der Waals surface area contributed by atoms with Crippen molar-refractivity contribution < 1.29 is 0 Å². The van der Waals surface area contributed by atoms with Gasteiger partial charge in [0.2, 0.25) is 0 Å². The first kappa shape index (κ1) is 13.2. The van der Waals surface area contributed by atoms with E-state index in [2.05, 4.69) is 21.9 Å². The number of piperazine rings is 1. The van der Waals surface area contributed by atoms with Gasteiger partial charge in [0, 0.05) is 49.5 Å². The van der Waals surface area contributed by atoms with Gasteiger partial charge in [-0.1, -0.05) is 11.6 Å². The van der Waals surface area contributed by atoms with E-state index in [1.54, 1.807) is 0 Å². The van der Waals surface area contributed by atoms with Gasteiger partial charge in [0.05, 0.1) is 0 Å². The maximum absolute atomic E-state index is 5.94. The molecule has 3 nitrogen and oxygen atoms in total. The van der Waals surface area contributed by atoms with Crippen molar-refractivity contribution >= 4 is 17.3 Å². The fraction of sp³-hybridized carbons (Fsp3) is 0.600. The van der Waals surface area contributed by atoms with Gasteiger partial charge in [-0.15, -0.1) is 0 Å². The summed E-state index contributed by atoms with van der Waals surface area (Å²) in [4.78, 5) is 5.03. The maximum Gasteiger partial charge on any atom is 0.0407 e. The van der Waals surface area contributed by atoms with Crippen LogP contribution in [0.15, 0.2) is 24.3 Å². The normalized spacial score (nSPS) is 22.5. The molecule has 1 aromatic rings. The van der Waals surface area contributed by atoms with E-state index in [9.17, 15) is 0 Å². The Morgan fingerprint density at radius 3 is 2.26 bits per heavy atom. The molecule has 1 unspecified atom stereocenters. The van der Waals surface area contributed by atoms with Crippen LogP contribution in [-0.2, 0) is 0 Å². The summed E-state index contributed by atoms with van der Waals surface area (Å²) >= 11 is 5.94. The summed E-state index contributed by atoms with van der Waals surface area (Å²) in [6.07, 6.45) is 2.75. The Kier molecular flexibility index (Phi) is 3.96. The minimum absolute atomic E-state index is 0.618. The van der Waals surface area contributed by atoms with Crippen molar-refractivity contribution in [3.05, 3.63) is 29.3 Å². The molecule has 0 aromatic heterocycles. The second-order valence-electron chi connectivity index (χ2n) is 5.64. The van der Waals surface area contributed by atoms with Crippen LogP contribution in [0.2, 0.25) is 5.02 Å². The summed E-state index contributed by atoms with van der Waals surface area (Å²) < 4.78 is 0. The number of benzene rings is 1. The Labute approximate surface area is 120 Å². The van der Waals surface area contributed by atoms with E-state index in [0.717, 1.165) is 43.7 Å². The minimum atomic E-state index is 0.618. The molecule has 2 N–H and O–H groups in total. The van der Waals surface area contributed by atoms with Crippen molar-refractivity contribution in [1.29, 1.82) is 0 Å². The lowest BCUT2D eigenvalue weighted by atomic mass is 10.1. The number of hydrogen-bond acceptors (Lipinski definition) is 3. The highest BCUT2D eigenvalue weighted by atomic mass is 35.5. The SMILES string of the molecule is NCC(C1CC1)N1CCN(c2ccc(Cl)cc2)CC1. The van der Waals surface area contributed by atoms with Crippen molar-refractivity contribution in [1.82, 2.24) is 4.90 Å². The largest absolute Gasteiger partial charge is 0.369 e. The zero-order valence-electron chi connectivity index (χ0n) is 11.3. The summed E-state index contributed by atoms with van der Waals surface area (Å²) in [5.74, 6) is 0.868. The average Bonchev–Trinajstić information content (AvgIpc) is 3.26. The van der Waals surface area contributed by atoms with Crippen LogP contribution in [0.25, 0.3) is 0 Å². The first-order chi connectivity index (χ1) is 9.28. The van der Waals surface area contributed by atoms with E-state index in [1.807, 2.05) is 12.1 Å². The van der Waals surface area contributed by atoms with E-state index in [1.165, 1.54) is 18.5 Å². The van der Waals surface area contributed by atoms with Crippen molar-refractivity contribution in [3.8, 4) is 0 Å². The second kappa shape index (κ2) is 5.70. The van der Waals surface area contributed by atoms with Gasteiger partial charge in [-0.25, -0.2) is 0 Å². The molecular formula is C15H22ClN3. The fourth-order valence-corrected chi connectivity index (χ4v) is 3.21. The van der Waals surface area contributed by atoms with Gasteiger partial charge in [-0.05, 0) is 43.0 Å². The monoisotopic (exact) mass is 279 g/mol. The summed E-state index contributed by atoms with van der Waals surface area (Å²) in [6.45, 7) is 5.24. The Hall–Kier alpha value is -0.770. The zero-order chi connectivity index (χ0) is 13.2. The van der Waals surface area contributed by atoms with Crippen LogP contribution in [0.1, 0.15) is 12.8 Å². The van der Waals surface area contributed by atoms with Crippen molar-refractivity contribution in [3.63, 3.8) is 0 Å². The van der Waals surface area contributed by atoms with Gasteiger partial charge in [0.1, 0.15) is 0 Å². The second-order valence-corrected chi connectivity index (χ2v) is 6.08. The van der Waals surface area contributed by atoms with E-state index in [-0.39, 0.29) is 0 Å². The van der Waals surface area contributed by atoms with E-state index >= 15 is 0 Å². The lowest BCUT2D eigenvalue weighted by molar-refractivity contribution is 0.171. The molecule has 1 aromatic carbocycles. The molecule has 1 atom stereocenters. The van der Waals surface area contributed by atoms with Crippen molar-refractivity contribution in [2.75, 3.05) is 37.6 Å². The number of hydrogen-bond donors (Lipinski definition) is 1. The standard InChI is InChI=1S/C15H22ClN3/c16-13-3-5-14(6-4-13)18-7-9-19(10-8-18)15(11-17)12-1-2-12/h3-6,12,15H,1-2,7-11,17H2. The smallest absolute Gasteiger partial charge is 0.0407 e. The third-order valence-electron chi connectivity index (χ3n) is 4.38. The third-order valence-corrected chi connectivity index (χ3v) is 4.63. The van der Waals surface area contributed by atoms with Crippen molar-refractivity contribution in [2.24, 2.45) is 11.7 Å². The van der Waals surface area contributed by atoms with Crippen LogP contribution < -0.4 is 10.6 Å². The molecule has 1 heterocycles. The predicted octanol–water partition coefficient (Wildman–Crippen LogP) is 2.20. The molecule has 3 rings (SSSR count). The molecule has 4 heteroatoms. The van der Waals surface area contributed by atoms with Gasteiger partial charge in [0.15, 0.2) is 0 Å².